The highest BCUT2D eigenvalue weighted by molar-refractivity contribution is 7.99. The highest BCUT2D eigenvalue weighted by Crippen LogP contribution is 2.22. The predicted octanol–water partition coefficient (Wildman–Crippen LogP) is 2.28. The lowest BCUT2D eigenvalue weighted by molar-refractivity contribution is -0.151. The Balaban J connectivity index is 2.85. The molecule has 20 heavy (non-hydrogen) atoms. The Bertz CT molecular complexity index is 336. The maximum absolute atomic E-state index is 12.6. The number of nitrogens with zero attached hydrogens (tertiary/aromatic N) is 1. The van der Waals surface area contributed by atoms with Gasteiger partial charge >= 0.3 is 0 Å². The van der Waals surface area contributed by atoms with Gasteiger partial charge in [0, 0.05) is 12.3 Å². The Morgan fingerprint density at radius 3 is 2.55 bits per heavy atom. The smallest absolute Gasteiger partial charge is 0.245 e. The second kappa shape index (κ2) is 8.55. The first-order valence-corrected chi connectivity index (χ1v) is 8.90. The van der Waals surface area contributed by atoms with Gasteiger partial charge in [-0.25, -0.2) is 0 Å². The normalized spacial score (nSPS) is 24.7. The molecule has 5 heteroatoms. The van der Waals surface area contributed by atoms with E-state index in [4.69, 9.17) is 0 Å². The fourth-order valence-corrected chi connectivity index (χ4v) is 3.24. The molecule has 1 heterocycles. The summed E-state index contributed by atoms with van der Waals surface area (Å²) in [5.74, 6) is 2.28. The van der Waals surface area contributed by atoms with Crippen LogP contribution in [0, 0.1) is 5.92 Å². The zero-order valence-corrected chi connectivity index (χ0v) is 14.0. The van der Waals surface area contributed by atoms with Crippen molar-refractivity contribution in [2.75, 3.05) is 18.1 Å². The molecule has 116 valence electrons. The van der Waals surface area contributed by atoms with Crippen molar-refractivity contribution < 1.29 is 9.59 Å². The number of piperazine rings is 1. The number of nitrogens with one attached hydrogen (secondary N) is 1. The standard InChI is InChI=1S/C15H28N2O2S/c1-5-8-12-15(19)17(9-10-20-7-3)13(11(4)6-2)14(18)16-12/h11-13H,5-10H2,1-4H3,(H,16,18). The number of rotatable bonds is 8. The summed E-state index contributed by atoms with van der Waals surface area (Å²) in [7, 11) is 0. The number of carbonyl (C=O) groups is 2. The Hall–Kier alpha value is -0.710. The van der Waals surface area contributed by atoms with Crippen molar-refractivity contribution in [3.05, 3.63) is 0 Å². The molecular weight excluding hydrogens is 272 g/mol. The van der Waals surface area contributed by atoms with Gasteiger partial charge in [0.15, 0.2) is 0 Å². The van der Waals surface area contributed by atoms with Crippen LogP contribution in [0.3, 0.4) is 0 Å². The van der Waals surface area contributed by atoms with Gasteiger partial charge in [-0.15, -0.1) is 0 Å². The van der Waals surface area contributed by atoms with Crippen LogP contribution in [-0.2, 0) is 9.59 Å². The Morgan fingerprint density at radius 1 is 1.30 bits per heavy atom. The number of amides is 2. The maximum atomic E-state index is 12.6. The van der Waals surface area contributed by atoms with Crippen molar-refractivity contribution in [3.63, 3.8) is 0 Å². The molecule has 0 aliphatic carbocycles. The lowest BCUT2D eigenvalue weighted by Gasteiger charge is -2.41. The number of hydrogen-bond acceptors (Lipinski definition) is 3. The molecule has 0 radical (unpaired) electrons. The van der Waals surface area contributed by atoms with Gasteiger partial charge in [-0.2, -0.15) is 11.8 Å². The molecule has 1 rings (SSSR count). The van der Waals surface area contributed by atoms with Gasteiger partial charge in [0.05, 0.1) is 0 Å². The summed E-state index contributed by atoms with van der Waals surface area (Å²) >= 11 is 1.82. The molecule has 4 nitrogen and oxygen atoms in total. The second-order valence-electron chi connectivity index (χ2n) is 5.41. The summed E-state index contributed by atoms with van der Waals surface area (Å²) < 4.78 is 0. The summed E-state index contributed by atoms with van der Waals surface area (Å²) in [5.41, 5.74) is 0. The molecule has 0 saturated carbocycles. The van der Waals surface area contributed by atoms with Crippen LogP contribution in [0.4, 0.5) is 0 Å². The molecular formula is C15H28N2O2S. The van der Waals surface area contributed by atoms with E-state index in [-0.39, 0.29) is 29.8 Å². The third-order valence-corrected chi connectivity index (χ3v) is 4.82. The van der Waals surface area contributed by atoms with Crippen molar-refractivity contribution in [1.82, 2.24) is 10.2 Å². The van der Waals surface area contributed by atoms with Crippen LogP contribution < -0.4 is 5.32 Å². The Labute approximate surface area is 127 Å². The van der Waals surface area contributed by atoms with Gasteiger partial charge in [0.25, 0.3) is 0 Å². The van der Waals surface area contributed by atoms with Crippen LogP contribution >= 0.6 is 11.8 Å². The topological polar surface area (TPSA) is 49.4 Å². The fraction of sp³-hybridized carbons (Fsp3) is 0.867. The fourth-order valence-electron chi connectivity index (χ4n) is 2.63. The van der Waals surface area contributed by atoms with E-state index in [1.54, 1.807) is 0 Å². The van der Waals surface area contributed by atoms with Crippen LogP contribution in [0.5, 0.6) is 0 Å². The zero-order valence-electron chi connectivity index (χ0n) is 13.1. The van der Waals surface area contributed by atoms with Crippen molar-refractivity contribution in [1.29, 1.82) is 0 Å². The largest absolute Gasteiger partial charge is 0.342 e. The van der Waals surface area contributed by atoms with Crippen LogP contribution in [0.1, 0.15) is 47.0 Å². The summed E-state index contributed by atoms with van der Waals surface area (Å²) in [6.07, 6.45) is 2.54. The molecule has 0 spiro atoms. The molecule has 1 aliphatic heterocycles. The SMILES string of the molecule is CCCC1NC(=O)C(C(C)CC)N(CCSCC)C1=O. The molecule has 0 bridgehead atoms. The minimum Gasteiger partial charge on any atom is -0.342 e. The molecule has 3 unspecified atom stereocenters. The molecule has 1 saturated heterocycles. The highest BCUT2D eigenvalue weighted by atomic mass is 32.2. The van der Waals surface area contributed by atoms with E-state index in [1.165, 1.54) is 0 Å². The minimum absolute atomic E-state index is 0.0268. The van der Waals surface area contributed by atoms with Gasteiger partial charge in [-0.1, -0.05) is 40.5 Å². The molecule has 0 aromatic rings. The number of carbonyl (C=O) groups excluding carboxylic acids is 2. The quantitative estimate of drug-likeness (QED) is 0.700. The molecule has 1 N–H and O–H groups in total. The van der Waals surface area contributed by atoms with Crippen LogP contribution in [0.15, 0.2) is 0 Å². The van der Waals surface area contributed by atoms with E-state index in [2.05, 4.69) is 26.1 Å². The third kappa shape index (κ3) is 4.14. The first-order chi connectivity index (χ1) is 9.56. The first kappa shape index (κ1) is 17.3. The van der Waals surface area contributed by atoms with Gasteiger partial charge in [-0.3, -0.25) is 9.59 Å². The van der Waals surface area contributed by atoms with E-state index in [9.17, 15) is 9.59 Å². The molecule has 1 aliphatic rings. The minimum atomic E-state index is -0.320. The molecule has 0 aromatic carbocycles. The summed E-state index contributed by atoms with van der Waals surface area (Å²) in [6.45, 7) is 8.95. The maximum Gasteiger partial charge on any atom is 0.245 e. The number of hydrogen-bond donors (Lipinski definition) is 1. The summed E-state index contributed by atoms with van der Waals surface area (Å²) in [4.78, 5) is 26.8. The third-order valence-electron chi connectivity index (χ3n) is 3.94. The first-order valence-electron chi connectivity index (χ1n) is 7.75. The van der Waals surface area contributed by atoms with Crippen molar-refractivity contribution >= 4 is 23.6 Å². The second-order valence-corrected chi connectivity index (χ2v) is 6.80. The molecule has 1 fully saturated rings. The van der Waals surface area contributed by atoms with Gasteiger partial charge in [-0.05, 0) is 18.1 Å². The Kier molecular flexibility index (Phi) is 7.41. The average Bonchev–Trinajstić information content (AvgIpc) is 2.43. The van der Waals surface area contributed by atoms with Crippen molar-refractivity contribution in [2.24, 2.45) is 5.92 Å². The van der Waals surface area contributed by atoms with E-state index in [0.29, 0.717) is 6.54 Å². The van der Waals surface area contributed by atoms with E-state index in [0.717, 1.165) is 30.8 Å². The summed E-state index contributed by atoms with van der Waals surface area (Å²) in [6, 6.07) is -0.613. The van der Waals surface area contributed by atoms with E-state index >= 15 is 0 Å². The molecule has 2 amide bonds. The number of thioether (sulfide) groups is 1. The monoisotopic (exact) mass is 300 g/mol. The highest BCUT2D eigenvalue weighted by Gasteiger charge is 2.41. The van der Waals surface area contributed by atoms with Crippen LogP contribution in [-0.4, -0.2) is 46.8 Å². The lowest BCUT2D eigenvalue weighted by Crippen LogP contribution is -2.65. The zero-order chi connectivity index (χ0) is 15.1. The van der Waals surface area contributed by atoms with Gasteiger partial charge in [0.2, 0.25) is 11.8 Å². The predicted molar refractivity (Wildman–Crippen MR) is 84.8 cm³/mol. The van der Waals surface area contributed by atoms with Crippen molar-refractivity contribution in [2.45, 2.75) is 59.0 Å². The lowest BCUT2D eigenvalue weighted by atomic mass is 9.92. The molecule has 3 atom stereocenters. The van der Waals surface area contributed by atoms with E-state index < -0.39 is 0 Å². The van der Waals surface area contributed by atoms with Crippen LogP contribution in [0.2, 0.25) is 0 Å². The van der Waals surface area contributed by atoms with Crippen molar-refractivity contribution in [3.8, 4) is 0 Å². The van der Waals surface area contributed by atoms with E-state index in [1.807, 2.05) is 23.6 Å². The Morgan fingerprint density at radius 2 is 2.00 bits per heavy atom. The molecule has 0 aromatic heterocycles. The van der Waals surface area contributed by atoms with Gasteiger partial charge in [0.1, 0.15) is 12.1 Å². The summed E-state index contributed by atoms with van der Waals surface area (Å²) in [5, 5.41) is 2.92. The van der Waals surface area contributed by atoms with Gasteiger partial charge < -0.3 is 10.2 Å². The average molecular weight is 300 g/mol. The van der Waals surface area contributed by atoms with Crippen LogP contribution in [0.25, 0.3) is 0 Å².